The van der Waals surface area contributed by atoms with Crippen LogP contribution < -0.4 is 10.6 Å². The van der Waals surface area contributed by atoms with Gasteiger partial charge in [-0.3, -0.25) is 9.59 Å². The Morgan fingerprint density at radius 2 is 1.38 bits per heavy atom. The highest BCUT2D eigenvalue weighted by Gasteiger charge is 2.19. The van der Waals surface area contributed by atoms with E-state index in [1.807, 2.05) is 62.4 Å². The lowest BCUT2D eigenvalue weighted by atomic mass is 9.96. The highest BCUT2D eigenvalue weighted by Crippen LogP contribution is 2.22. The van der Waals surface area contributed by atoms with Crippen molar-refractivity contribution in [3.8, 4) is 0 Å². The van der Waals surface area contributed by atoms with Gasteiger partial charge in [-0.25, -0.2) is 0 Å². The second-order valence-electron chi connectivity index (χ2n) is 8.70. The zero-order chi connectivity index (χ0) is 23.1. The lowest BCUT2D eigenvalue weighted by Crippen LogP contribution is -2.28. The Hall–Kier alpha value is -3.40. The molecular weight excluding hydrogens is 396 g/mol. The molecule has 0 radical (unpaired) electrons. The highest BCUT2D eigenvalue weighted by molar-refractivity contribution is 6.05. The van der Waals surface area contributed by atoms with Crippen LogP contribution in [0.4, 0.5) is 5.69 Å². The van der Waals surface area contributed by atoms with Gasteiger partial charge in [-0.15, -0.1) is 0 Å². The lowest BCUT2D eigenvalue weighted by Gasteiger charge is -2.18. The predicted octanol–water partition coefficient (Wildman–Crippen LogP) is 6.12. The third-order valence-electron chi connectivity index (χ3n) is 5.59. The van der Waals surface area contributed by atoms with Gasteiger partial charge in [0.05, 0.1) is 23.2 Å². The van der Waals surface area contributed by atoms with E-state index in [0.29, 0.717) is 17.2 Å². The van der Waals surface area contributed by atoms with Crippen molar-refractivity contribution in [1.82, 2.24) is 5.32 Å². The van der Waals surface area contributed by atoms with Crippen LogP contribution in [0.3, 0.4) is 0 Å². The van der Waals surface area contributed by atoms with E-state index in [0.717, 1.165) is 17.5 Å². The Bertz CT molecular complexity index is 1040. The summed E-state index contributed by atoms with van der Waals surface area (Å²) in [6.45, 7) is 8.21. The minimum atomic E-state index is -0.331. The minimum absolute atomic E-state index is 0.141. The summed E-state index contributed by atoms with van der Waals surface area (Å²) < 4.78 is 0. The Labute approximate surface area is 191 Å². The smallest absolute Gasteiger partial charge is 0.253 e. The number of para-hydroxylation sites is 1. The van der Waals surface area contributed by atoms with Crippen LogP contribution in [0.25, 0.3) is 0 Å². The van der Waals surface area contributed by atoms with E-state index in [9.17, 15) is 9.59 Å². The molecule has 0 bridgehead atoms. The van der Waals surface area contributed by atoms with Crippen LogP contribution in [0.1, 0.15) is 66.7 Å². The molecule has 0 aliphatic carbocycles. The lowest BCUT2D eigenvalue weighted by molar-refractivity contribution is -0.117. The van der Waals surface area contributed by atoms with Gasteiger partial charge in [-0.1, -0.05) is 80.6 Å². The summed E-state index contributed by atoms with van der Waals surface area (Å²) in [5.41, 5.74) is 4.21. The third-order valence-corrected chi connectivity index (χ3v) is 5.59. The van der Waals surface area contributed by atoms with Gasteiger partial charge >= 0.3 is 0 Å². The van der Waals surface area contributed by atoms with Crippen molar-refractivity contribution >= 4 is 17.5 Å². The van der Waals surface area contributed by atoms with Crippen LogP contribution >= 0.6 is 0 Å². The summed E-state index contributed by atoms with van der Waals surface area (Å²) >= 11 is 0. The number of rotatable bonds is 8. The SMILES string of the molecule is CC(C)Cc1ccc(C(C)C(=O)Nc2ccccc2C(=O)NC(C)c2ccccc2)cc1. The van der Waals surface area contributed by atoms with Gasteiger partial charge in [-0.2, -0.15) is 0 Å². The molecule has 2 N–H and O–H groups in total. The molecule has 0 heterocycles. The normalized spacial score (nSPS) is 12.8. The van der Waals surface area contributed by atoms with Crippen LogP contribution in [0.15, 0.2) is 78.9 Å². The number of amides is 2. The van der Waals surface area contributed by atoms with Crippen molar-refractivity contribution < 1.29 is 9.59 Å². The molecule has 2 amide bonds. The van der Waals surface area contributed by atoms with Gasteiger partial charge in [-0.05, 0) is 55.0 Å². The Kier molecular flexibility index (Phi) is 7.82. The molecule has 166 valence electrons. The van der Waals surface area contributed by atoms with Crippen molar-refractivity contribution in [3.05, 3.63) is 101 Å². The molecule has 2 unspecified atom stereocenters. The van der Waals surface area contributed by atoms with E-state index in [1.165, 1.54) is 5.56 Å². The summed E-state index contributed by atoms with van der Waals surface area (Å²) in [5, 5.41) is 5.97. The van der Waals surface area contributed by atoms with Gasteiger partial charge < -0.3 is 10.6 Å². The first-order chi connectivity index (χ1) is 15.3. The number of nitrogens with one attached hydrogen (secondary N) is 2. The van der Waals surface area contributed by atoms with Crippen molar-refractivity contribution in [2.45, 2.75) is 46.1 Å². The highest BCUT2D eigenvalue weighted by atomic mass is 16.2. The average Bonchev–Trinajstić information content (AvgIpc) is 2.79. The zero-order valence-electron chi connectivity index (χ0n) is 19.3. The third kappa shape index (κ3) is 6.07. The quantitative estimate of drug-likeness (QED) is 0.454. The van der Waals surface area contributed by atoms with Gasteiger partial charge in [0.15, 0.2) is 0 Å². The number of hydrogen-bond acceptors (Lipinski definition) is 2. The molecule has 0 aromatic heterocycles. The maximum atomic E-state index is 13.0. The van der Waals surface area contributed by atoms with Crippen molar-refractivity contribution in [1.29, 1.82) is 0 Å². The number of benzene rings is 3. The second kappa shape index (κ2) is 10.8. The Balaban J connectivity index is 1.69. The predicted molar refractivity (Wildman–Crippen MR) is 131 cm³/mol. The van der Waals surface area contributed by atoms with E-state index in [1.54, 1.807) is 18.2 Å². The molecule has 4 nitrogen and oxygen atoms in total. The van der Waals surface area contributed by atoms with E-state index in [2.05, 4.69) is 36.6 Å². The van der Waals surface area contributed by atoms with Crippen LogP contribution in [0.2, 0.25) is 0 Å². The van der Waals surface area contributed by atoms with Gasteiger partial charge in [0.25, 0.3) is 5.91 Å². The second-order valence-corrected chi connectivity index (χ2v) is 8.70. The van der Waals surface area contributed by atoms with E-state index in [-0.39, 0.29) is 23.8 Å². The standard InChI is InChI=1S/C28H32N2O2/c1-19(2)18-22-14-16-23(17-15-22)20(3)27(31)30-26-13-9-8-12-25(26)28(32)29-21(4)24-10-6-5-7-11-24/h5-17,19-21H,18H2,1-4H3,(H,29,32)(H,30,31). The Morgan fingerprint density at radius 3 is 2.03 bits per heavy atom. The summed E-state index contributed by atoms with van der Waals surface area (Å²) in [7, 11) is 0. The number of carbonyl (C=O) groups is 2. The first-order valence-corrected chi connectivity index (χ1v) is 11.2. The fourth-order valence-electron chi connectivity index (χ4n) is 3.70. The van der Waals surface area contributed by atoms with E-state index in [4.69, 9.17) is 0 Å². The largest absolute Gasteiger partial charge is 0.345 e. The average molecular weight is 429 g/mol. The maximum absolute atomic E-state index is 13.0. The topological polar surface area (TPSA) is 58.2 Å². The van der Waals surface area contributed by atoms with Gasteiger partial charge in [0.1, 0.15) is 0 Å². The molecule has 0 saturated carbocycles. The number of anilines is 1. The van der Waals surface area contributed by atoms with Gasteiger partial charge in [0.2, 0.25) is 5.91 Å². The minimum Gasteiger partial charge on any atom is -0.345 e. The molecule has 0 saturated heterocycles. The molecule has 3 aromatic carbocycles. The van der Waals surface area contributed by atoms with Crippen molar-refractivity contribution in [2.75, 3.05) is 5.32 Å². The fourth-order valence-corrected chi connectivity index (χ4v) is 3.70. The van der Waals surface area contributed by atoms with Gasteiger partial charge in [0, 0.05) is 0 Å². The first kappa shape index (κ1) is 23.3. The molecule has 2 atom stereocenters. The first-order valence-electron chi connectivity index (χ1n) is 11.2. The monoisotopic (exact) mass is 428 g/mol. The molecular formula is C28H32N2O2. The molecule has 0 aliphatic rings. The zero-order valence-corrected chi connectivity index (χ0v) is 19.3. The summed E-state index contributed by atoms with van der Waals surface area (Å²) in [6.07, 6.45) is 1.02. The molecule has 32 heavy (non-hydrogen) atoms. The van der Waals surface area contributed by atoms with Crippen LogP contribution in [-0.4, -0.2) is 11.8 Å². The van der Waals surface area contributed by atoms with Crippen LogP contribution in [0, 0.1) is 5.92 Å². The van der Waals surface area contributed by atoms with Crippen LogP contribution in [-0.2, 0) is 11.2 Å². The molecule has 3 aromatic rings. The number of hydrogen-bond donors (Lipinski definition) is 2. The number of carbonyl (C=O) groups excluding carboxylic acids is 2. The molecule has 4 heteroatoms. The molecule has 0 aliphatic heterocycles. The van der Waals surface area contributed by atoms with E-state index >= 15 is 0 Å². The summed E-state index contributed by atoms with van der Waals surface area (Å²) in [6, 6.07) is 25.0. The van der Waals surface area contributed by atoms with Crippen molar-refractivity contribution in [2.24, 2.45) is 5.92 Å². The molecule has 0 fully saturated rings. The van der Waals surface area contributed by atoms with E-state index < -0.39 is 0 Å². The molecule has 0 spiro atoms. The summed E-state index contributed by atoms with van der Waals surface area (Å²) in [4.78, 5) is 25.9. The Morgan fingerprint density at radius 1 is 0.750 bits per heavy atom. The fraction of sp³-hybridized carbons (Fsp3) is 0.286. The summed E-state index contributed by atoms with van der Waals surface area (Å²) in [5.74, 6) is -0.0998. The molecule has 3 rings (SSSR count). The maximum Gasteiger partial charge on any atom is 0.253 e. The van der Waals surface area contributed by atoms with Crippen molar-refractivity contribution in [3.63, 3.8) is 0 Å². The van der Waals surface area contributed by atoms with Crippen LogP contribution in [0.5, 0.6) is 0 Å².